The number of hydrogen-bond acceptors (Lipinski definition) is 6. The summed E-state index contributed by atoms with van der Waals surface area (Å²) < 4.78 is 33.0. The van der Waals surface area contributed by atoms with E-state index < -0.39 is 0 Å². The van der Waals surface area contributed by atoms with Crippen molar-refractivity contribution >= 4 is 0 Å². The first-order valence-corrected chi connectivity index (χ1v) is 28.0. The van der Waals surface area contributed by atoms with Gasteiger partial charge in [0, 0.05) is 38.5 Å². The van der Waals surface area contributed by atoms with Crippen molar-refractivity contribution in [1.82, 2.24) is 0 Å². The number of hydrogen-bond donors (Lipinski definition) is 1. The summed E-state index contributed by atoms with van der Waals surface area (Å²) in [6, 6.07) is 27.8. The first kappa shape index (κ1) is 58.8. The third kappa shape index (κ3) is 12.7. The van der Waals surface area contributed by atoms with Crippen molar-refractivity contribution in [1.29, 1.82) is 0 Å². The van der Waals surface area contributed by atoms with Crippen LogP contribution in [0.15, 0.2) is 72.8 Å². The Bertz CT molecular complexity index is 2970. The normalized spacial score (nSPS) is 13.9. The van der Waals surface area contributed by atoms with Gasteiger partial charge >= 0.3 is 0 Å². The first-order chi connectivity index (χ1) is 35.6. The maximum Gasteiger partial charge on any atom is 0.125 e. The van der Waals surface area contributed by atoms with Gasteiger partial charge in [0.2, 0.25) is 0 Å². The van der Waals surface area contributed by atoms with Crippen LogP contribution in [0.25, 0.3) is 0 Å². The van der Waals surface area contributed by atoms with Crippen LogP contribution in [0.3, 0.4) is 0 Å². The van der Waals surface area contributed by atoms with E-state index in [9.17, 15) is 5.11 Å². The minimum atomic E-state index is -0.206. The molecule has 1 N–H and O–H groups in total. The molecule has 0 saturated heterocycles. The summed E-state index contributed by atoms with van der Waals surface area (Å²) in [4.78, 5) is 0. The van der Waals surface area contributed by atoms with E-state index in [1.807, 2.05) is 7.11 Å². The van der Waals surface area contributed by atoms with Gasteiger partial charge in [0.1, 0.15) is 34.5 Å². The predicted molar refractivity (Wildman–Crippen MR) is 322 cm³/mol. The summed E-state index contributed by atoms with van der Waals surface area (Å²) in [5.41, 5.74) is 18.7. The number of phenolic OH excluding ortho intramolecular Hbond substituents is 1. The summed E-state index contributed by atoms with van der Waals surface area (Å²) in [6.07, 6.45) is 3.26. The van der Waals surface area contributed by atoms with Crippen LogP contribution in [-0.2, 0) is 71.0 Å². The van der Waals surface area contributed by atoms with Crippen molar-refractivity contribution in [3.05, 3.63) is 173 Å². The Morgan fingerprint density at radius 1 is 0.234 bits per heavy atom. The molecule has 12 bridgehead atoms. The second-order valence-corrected chi connectivity index (χ2v) is 28.3. The summed E-state index contributed by atoms with van der Waals surface area (Å²) in [5, 5.41) is 12.8. The maximum atomic E-state index is 12.8. The lowest BCUT2D eigenvalue weighted by Gasteiger charge is -2.28. The third-order valence-electron chi connectivity index (χ3n) is 16.0. The van der Waals surface area contributed by atoms with Crippen LogP contribution in [0.4, 0.5) is 0 Å². The molecule has 0 saturated carbocycles. The molecule has 1 aliphatic carbocycles. The van der Waals surface area contributed by atoms with Crippen LogP contribution in [-0.4, -0.2) is 40.7 Å². The predicted octanol–water partition coefficient (Wildman–Crippen LogP) is 17.1. The van der Waals surface area contributed by atoms with Crippen LogP contribution < -0.4 is 23.7 Å². The molecule has 0 atom stereocenters. The molecule has 0 unspecified atom stereocenters. The fraction of sp³-hybridized carbons (Fsp3) is 0.493. The molecule has 0 amide bonds. The molecular weight excluding hydrogens is 949 g/mol. The highest BCUT2D eigenvalue weighted by Gasteiger charge is 2.30. The fourth-order valence-electron chi connectivity index (χ4n) is 11.3. The van der Waals surface area contributed by atoms with E-state index in [0.29, 0.717) is 44.3 Å². The van der Waals surface area contributed by atoms with Gasteiger partial charge in [-0.05, 0) is 133 Å². The molecule has 6 aromatic carbocycles. The Morgan fingerprint density at radius 3 is 0.468 bits per heavy atom. The van der Waals surface area contributed by atoms with Gasteiger partial charge in [-0.15, -0.1) is 0 Å². The highest BCUT2D eigenvalue weighted by atomic mass is 16.5. The summed E-state index contributed by atoms with van der Waals surface area (Å²) in [5.74, 6) is 4.53. The average Bonchev–Trinajstić information content (AvgIpc) is 3.30. The van der Waals surface area contributed by atoms with Crippen molar-refractivity contribution < 1.29 is 28.8 Å². The Balaban J connectivity index is 1.65. The standard InChI is InChI=1S/C71H94O6/c1-66(2,3)54-30-42-24-44-32-55(67(4,5)6)34-46(61(44)73-19)26-48-36-57(69(10,11)12)38-50(63(48)75-21)28-52-40-59(71(16,17)18)41-53(65(52)77-23)29-51-39-58(70(13,14)15)37-49(64(51)76-22)27-47-35-56(68(7,8)9)33-45(62(47)74-20)25-43(31-54)60(42)72/h30-41,72H,24-29H2,1-23H3. The monoisotopic (exact) mass is 1040 g/mol. The summed E-state index contributed by atoms with van der Waals surface area (Å²) >= 11 is 0. The SMILES string of the molecule is COc1c2cc(C(C)(C)C)cc1Cc1cc(C(C)(C)C)cc(c1OC)Cc1cc(C(C)(C)C)cc(c1OC)Cc1cc(C(C)(C)C)cc(c1OC)Cc1cc(C(C)(C)C)cc(c1OC)Cc1cc(C(C)(C)C)cc(c1O)C2. The van der Waals surface area contributed by atoms with E-state index in [4.69, 9.17) is 23.7 Å². The zero-order chi connectivity index (χ0) is 57.1. The lowest BCUT2D eigenvalue weighted by atomic mass is 9.79. The van der Waals surface area contributed by atoms with Gasteiger partial charge in [-0.1, -0.05) is 197 Å². The van der Waals surface area contributed by atoms with Gasteiger partial charge in [-0.25, -0.2) is 0 Å². The topological polar surface area (TPSA) is 66.4 Å². The van der Waals surface area contributed by atoms with Gasteiger partial charge in [0.05, 0.1) is 35.5 Å². The molecule has 414 valence electrons. The van der Waals surface area contributed by atoms with E-state index in [1.54, 1.807) is 28.4 Å². The molecule has 0 aromatic heterocycles. The fourth-order valence-corrected chi connectivity index (χ4v) is 11.3. The lowest BCUT2D eigenvalue weighted by molar-refractivity contribution is 0.396. The Hall–Kier alpha value is -5.88. The molecule has 6 heteroatoms. The van der Waals surface area contributed by atoms with Crippen LogP contribution >= 0.6 is 0 Å². The maximum absolute atomic E-state index is 12.8. The largest absolute Gasteiger partial charge is 0.507 e. The van der Waals surface area contributed by atoms with Gasteiger partial charge in [-0.2, -0.15) is 0 Å². The van der Waals surface area contributed by atoms with Crippen LogP contribution in [0.1, 0.15) is 225 Å². The molecule has 0 spiro atoms. The lowest BCUT2D eigenvalue weighted by Crippen LogP contribution is -2.16. The average molecular weight is 1040 g/mol. The number of benzene rings is 6. The van der Waals surface area contributed by atoms with Crippen LogP contribution in [0.2, 0.25) is 0 Å². The highest BCUT2D eigenvalue weighted by molar-refractivity contribution is 5.61. The second-order valence-electron chi connectivity index (χ2n) is 28.3. The number of rotatable bonds is 5. The molecule has 1 aliphatic rings. The zero-order valence-electron chi connectivity index (χ0n) is 51.7. The van der Waals surface area contributed by atoms with Crippen molar-refractivity contribution in [3.63, 3.8) is 0 Å². The van der Waals surface area contributed by atoms with Gasteiger partial charge in [0.15, 0.2) is 0 Å². The number of methoxy groups -OCH3 is 5. The second kappa shape index (κ2) is 21.4. The van der Waals surface area contributed by atoms with Crippen molar-refractivity contribution in [2.24, 2.45) is 0 Å². The van der Waals surface area contributed by atoms with E-state index in [2.05, 4.69) is 197 Å². The van der Waals surface area contributed by atoms with E-state index in [-0.39, 0.29) is 32.5 Å². The number of ether oxygens (including phenoxy) is 5. The molecule has 6 nitrogen and oxygen atoms in total. The van der Waals surface area contributed by atoms with E-state index in [1.165, 1.54) is 27.8 Å². The molecule has 77 heavy (non-hydrogen) atoms. The number of phenols is 1. The molecular formula is C71H94O6. The minimum Gasteiger partial charge on any atom is -0.507 e. The Morgan fingerprint density at radius 2 is 0.351 bits per heavy atom. The number of aromatic hydroxyl groups is 1. The smallest absolute Gasteiger partial charge is 0.125 e. The number of fused-ring (bicyclic) bond motifs is 12. The molecule has 6 aromatic rings. The molecule has 0 heterocycles. The summed E-state index contributed by atoms with van der Waals surface area (Å²) in [6.45, 7) is 41.0. The van der Waals surface area contributed by atoms with Crippen molar-refractivity contribution in [3.8, 4) is 34.5 Å². The molecule has 0 radical (unpaired) electrons. The van der Waals surface area contributed by atoms with E-state index in [0.717, 1.165) is 101 Å². The zero-order valence-corrected chi connectivity index (χ0v) is 51.7. The quantitative estimate of drug-likeness (QED) is 0.185. The molecule has 0 fully saturated rings. The third-order valence-corrected chi connectivity index (χ3v) is 16.0. The Labute approximate surface area is 465 Å². The van der Waals surface area contributed by atoms with Gasteiger partial charge in [-0.3, -0.25) is 0 Å². The minimum absolute atomic E-state index is 0.159. The first-order valence-electron chi connectivity index (χ1n) is 28.0. The van der Waals surface area contributed by atoms with Crippen molar-refractivity contribution in [2.45, 2.75) is 196 Å². The van der Waals surface area contributed by atoms with Gasteiger partial charge in [0.25, 0.3) is 0 Å². The van der Waals surface area contributed by atoms with Gasteiger partial charge < -0.3 is 28.8 Å². The summed E-state index contributed by atoms with van der Waals surface area (Å²) in [7, 11) is 9.00. The van der Waals surface area contributed by atoms with Crippen LogP contribution in [0.5, 0.6) is 34.5 Å². The Kier molecular flexibility index (Phi) is 16.3. The highest BCUT2D eigenvalue weighted by Crippen LogP contribution is 2.46. The van der Waals surface area contributed by atoms with Crippen molar-refractivity contribution in [2.75, 3.05) is 35.5 Å². The van der Waals surface area contributed by atoms with Crippen LogP contribution in [0, 0.1) is 0 Å². The molecule has 7 rings (SSSR count). The van der Waals surface area contributed by atoms with E-state index >= 15 is 0 Å². The molecule has 0 aliphatic heterocycles.